The number of methoxy groups -OCH3 is 2. The van der Waals surface area contributed by atoms with Crippen molar-refractivity contribution in [3.8, 4) is 11.5 Å². The van der Waals surface area contributed by atoms with Gasteiger partial charge in [-0.05, 0) is 18.4 Å². The van der Waals surface area contributed by atoms with Crippen LogP contribution in [0.4, 0.5) is 0 Å². The van der Waals surface area contributed by atoms with E-state index in [-0.39, 0.29) is 5.91 Å². The molecule has 0 spiro atoms. The molecule has 2 N–H and O–H groups in total. The number of amides is 1. The summed E-state index contributed by atoms with van der Waals surface area (Å²) in [7, 11) is 4.93. The number of para-hydroxylation sites is 1. The van der Waals surface area contributed by atoms with Crippen LogP contribution in [-0.4, -0.2) is 38.1 Å². The van der Waals surface area contributed by atoms with Crippen molar-refractivity contribution in [1.82, 2.24) is 4.90 Å². The molecule has 0 saturated carbocycles. The number of hydrogen-bond donors (Lipinski definition) is 1. The zero-order valence-corrected chi connectivity index (χ0v) is 13.6. The average Bonchev–Trinajstić information content (AvgIpc) is 2.45. The Labute approximate surface area is 127 Å². The van der Waals surface area contributed by atoms with E-state index in [1.807, 2.05) is 18.2 Å². The highest BCUT2D eigenvalue weighted by Crippen LogP contribution is 2.31. The van der Waals surface area contributed by atoms with Crippen molar-refractivity contribution in [2.24, 2.45) is 11.7 Å². The Balaban J connectivity index is 2.83. The number of nitrogens with two attached hydrogens (primary N) is 1. The van der Waals surface area contributed by atoms with Crippen LogP contribution >= 0.6 is 0 Å². The summed E-state index contributed by atoms with van der Waals surface area (Å²) in [6.07, 6.45) is 0.679. The van der Waals surface area contributed by atoms with Crippen molar-refractivity contribution in [2.45, 2.75) is 32.9 Å². The second-order valence-corrected chi connectivity index (χ2v) is 5.58. The summed E-state index contributed by atoms with van der Waals surface area (Å²) < 4.78 is 10.6. The molecule has 0 fully saturated rings. The van der Waals surface area contributed by atoms with Crippen LogP contribution in [0.15, 0.2) is 18.2 Å². The van der Waals surface area contributed by atoms with E-state index in [0.717, 1.165) is 5.56 Å². The predicted molar refractivity (Wildman–Crippen MR) is 83.5 cm³/mol. The Morgan fingerprint density at radius 3 is 2.48 bits per heavy atom. The minimum Gasteiger partial charge on any atom is -0.493 e. The molecule has 1 amide bonds. The number of rotatable bonds is 7. The Kier molecular flexibility index (Phi) is 6.49. The lowest BCUT2D eigenvalue weighted by Crippen LogP contribution is -2.42. The molecule has 1 rings (SSSR count). The normalized spacial score (nSPS) is 12.1. The van der Waals surface area contributed by atoms with Gasteiger partial charge in [0.2, 0.25) is 5.91 Å². The van der Waals surface area contributed by atoms with Gasteiger partial charge in [-0.2, -0.15) is 0 Å². The SMILES string of the molecule is COc1cccc(CN(C)C(=O)[C@@H](N)CC(C)C)c1OC. The highest BCUT2D eigenvalue weighted by atomic mass is 16.5. The van der Waals surface area contributed by atoms with E-state index in [0.29, 0.717) is 30.4 Å². The molecule has 5 heteroatoms. The zero-order valence-electron chi connectivity index (χ0n) is 13.6. The Bertz CT molecular complexity index is 475. The third-order valence-corrected chi connectivity index (χ3v) is 3.31. The van der Waals surface area contributed by atoms with E-state index in [4.69, 9.17) is 15.2 Å². The van der Waals surface area contributed by atoms with Gasteiger partial charge in [0, 0.05) is 19.2 Å². The maximum Gasteiger partial charge on any atom is 0.239 e. The third-order valence-electron chi connectivity index (χ3n) is 3.31. The predicted octanol–water partition coefficient (Wildman–Crippen LogP) is 2.04. The van der Waals surface area contributed by atoms with Crippen molar-refractivity contribution < 1.29 is 14.3 Å². The van der Waals surface area contributed by atoms with E-state index in [2.05, 4.69) is 13.8 Å². The minimum absolute atomic E-state index is 0.0615. The monoisotopic (exact) mass is 294 g/mol. The lowest BCUT2D eigenvalue weighted by molar-refractivity contribution is -0.132. The molecule has 0 saturated heterocycles. The van der Waals surface area contributed by atoms with Crippen molar-refractivity contribution in [3.05, 3.63) is 23.8 Å². The first kappa shape index (κ1) is 17.3. The second kappa shape index (κ2) is 7.88. The molecule has 118 valence electrons. The summed E-state index contributed by atoms with van der Waals surface area (Å²) in [6.45, 7) is 4.54. The van der Waals surface area contributed by atoms with Crippen molar-refractivity contribution in [3.63, 3.8) is 0 Å². The molecular weight excluding hydrogens is 268 g/mol. The van der Waals surface area contributed by atoms with Crippen LogP contribution in [0.3, 0.4) is 0 Å². The standard InChI is InChI=1S/C16H26N2O3/c1-11(2)9-13(17)16(19)18(3)10-12-7-6-8-14(20-4)15(12)21-5/h6-8,11,13H,9-10,17H2,1-5H3/t13-/m0/s1. The molecule has 5 nitrogen and oxygen atoms in total. The Hall–Kier alpha value is -1.75. The maximum atomic E-state index is 12.3. The van der Waals surface area contributed by atoms with Gasteiger partial charge in [-0.3, -0.25) is 4.79 Å². The molecule has 0 aliphatic rings. The first-order chi connectivity index (χ1) is 9.90. The summed E-state index contributed by atoms with van der Waals surface area (Å²) in [6, 6.07) is 5.16. The van der Waals surface area contributed by atoms with Crippen LogP contribution in [0.25, 0.3) is 0 Å². The fourth-order valence-corrected chi connectivity index (χ4v) is 2.30. The molecule has 0 unspecified atom stereocenters. The smallest absolute Gasteiger partial charge is 0.239 e. The number of ether oxygens (including phenoxy) is 2. The van der Waals surface area contributed by atoms with E-state index in [1.54, 1.807) is 26.2 Å². The van der Waals surface area contributed by atoms with Crippen LogP contribution in [0.5, 0.6) is 11.5 Å². The van der Waals surface area contributed by atoms with Crippen LogP contribution in [0, 0.1) is 5.92 Å². The average molecular weight is 294 g/mol. The molecule has 0 aliphatic heterocycles. The van der Waals surface area contributed by atoms with E-state index >= 15 is 0 Å². The largest absolute Gasteiger partial charge is 0.493 e. The molecule has 0 radical (unpaired) electrons. The number of hydrogen-bond acceptors (Lipinski definition) is 4. The summed E-state index contributed by atoms with van der Waals surface area (Å²) in [5, 5.41) is 0. The van der Waals surface area contributed by atoms with Gasteiger partial charge in [-0.25, -0.2) is 0 Å². The lowest BCUT2D eigenvalue weighted by atomic mass is 10.0. The fraction of sp³-hybridized carbons (Fsp3) is 0.562. The number of likely N-dealkylation sites (N-methyl/N-ethyl adjacent to an activating group) is 1. The maximum absolute atomic E-state index is 12.3. The van der Waals surface area contributed by atoms with E-state index < -0.39 is 6.04 Å². The molecule has 0 heterocycles. The number of carbonyl (C=O) groups excluding carboxylic acids is 1. The Morgan fingerprint density at radius 2 is 1.95 bits per heavy atom. The highest BCUT2D eigenvalue weighted by molar-refractivity contribution is 5.81. The molecule has 1 atom stereocenters. The van der Waals surface area contributed by atoms with Gasteiger partial charge < -0.3 is 20.1 Å². The second-order valence-electron chi connectivity index (χ2n) is 5.58. The van der Waals surface area contributed by atoms with Gasteiger partial charge >= 0.3 is 0 Å². The summed E-state index contributed by atoms with van der Waals surface area (Å²) in [5.74, 6) is 1.64. The van der Waals surface area contributed by atoms with E-state index in [9.17, 15) is 4.79 Å². The van der Waals surface area contributed by atoms with Gasteiger partial charge in [-0.15, -0.1) is 0 Å². The molecule has 0 aliphatic carbocycles. The van der Waals surface area contributed by atoms with E-state index in [1.165, 1.54) is 0 Å². The Morgan fingerprint density at radius 1 is 1.29 bits per heavy atom. The van der Waals surface area contributed by atoms with Gasteiger partial charge in [0.05, 0.1) is 20.3 Å². The van der Waals surface area contributed by atoms with Crippen molar-refractivity contribution in [1.29, 1.82) is 0 Å². The molecule has 0 bridgehead atoms. The van der Waals surface area contributed by atoms with Crippen LogP contribution in [0.1, 0.15) is 25.8 Å². The lowest BCUT2D eigenvalue weighted by Gasteiger charge is -2.23. The van der Waals surface area contributed by atoms with Gasteiger partial charge in [0.15, 0.2) is 11.5 Å². The van der Waals surface area contributed by atoms with Gasteiger partial charge in [-0.1, -0.05) is 26.0 Å². The molecule has 1 aromatic carbocycles. The van der Waals surface area contributed by atoms with Gasteiger partial charge in [0.25, 0.3) is 0 Å². The zero-order chi connectivity index (χ0) is 16.0. The quantitative estimate of drug-likeness (QED) is 0.836. The summed E-state index contributed by atoms with van der Waals surface area (Å²) >= 11 is 0. The molecule has 0 aromatic heterocycles. The number of carbonyl (C=O) groups is 1. The first-order valence-electron chi connectivity index (χ1n) is 7.11. The summed E-state index contributed by atoms with van der Waals surface area (Å²) in [4.78, 5) is 13.9. The van der Waals surface area contributed by atoms with Crippen LogP contribution in [0.2, 0.25) is 0 Å². The number of nitrogens with zero attached hydrogens (tertiary/aromatic N) is 1. The third kappa shape index (κ3) is 4.63. The highest BCUT2D eigenvalue weighted by Gasteiger charge is 2.20. The molecule has 21 heavy (non-hydrogen) atoms. The fourth-order valence-electron chi connectivity index (χ4n) is 2.30. The van der Waals surface area contributed by atoms with Crippen LogP contribution in [-0.2, 0) is 11.3 Å². The molecule has 1 aromatic rings. The van der Waals surface area contributed by atoms with Crippen molar-refractivity contribution in [2.75, 3.05) is 21.3 Å². The van der Waals surface area contributed by atoms with Crippen molar-refractivity contribution >= 4 is 5.91 Å². The minimum atomic E-state index is -0.466. The first-order valence-corrected chi connectivity index (χ1v) is 7.11. The van der Waals surface area contributed by atoms with Crippen LogP contribution < -0.4 is 15.2 Å². The topological polar surface area (TPSA) is 64.8 Å². The van der Waals surface area contributed by atoms with Gasteiger partial charge in [0.1, 0.15) is 0 Å². The number of benzene rings is 1. The molecular formula is C16H26N2O3. The summed E-state index contributed by atoms with van der Waals surface area (Å²) in [5.41, 5.74) is 6.85.